The quantitative estimate of drug-likeness (QED) is 0.349. The van der Waals surface area contributed by atoms with E-state index in [4.69, 9.17) is 11.6 Å². The zero-order valence-electron chi connectivity index (χ0n) is 6.07. The summed E-state index contributed by atoms with van der Waals surface area (Å²) in [4.78, 5) is 4.04. The highest BCUT2D eigenvalue weighted by molar-refractivity contribution is 5.78. The summed E-state index contributed by atoms with van der Waals surface area (Å²) in [6.45, 7) is 0.458. The lowest BCUT2D eigenvalue weighted by atomic mass is 10.3. The smallest absolute Gasteiger partial charge is 0.0553 e. The molecular formula is C7H10N4. The molecule has 1 heterocycles. The van der Waals surface area contributed by atoms with Gasteiger partial charge in [0.25, 0.3) is 0 Å². The van der Waals surface area contributed by atoms with Crippen LogP contribution in [0, 0.1) is 0 Å². The minimum Gasteiger partial charge on any atom is -0.325 e. The molecule has 4 nitrogen and oxygen atoms in total. The molecule has 0 aliphatic carbocycles. The van der Waals surface area contributed by atoms with E-state index in [9.17, 15) is 0 Å². The van der Waals surface area contributed by atoms with Gasteiger partial charge in [0, 0.05) is 18.3 Å². The van der Waals surface area contributed by atoms with E-state index in [1.807, 2.05) is 12.1 Å². The van der Waals surface area contributed by atoms with Gasteiger partial charge >= 0.3 is 0 Å². The van der Waals surface area contributed by atoms with Gasteiger partial charge in [0.05, 0.1) is 11.9 Å². The van der Waals surface area contributed by atoms with Gasteiger partial charge in [0.15, 0.2) is 0 Å². The zero-order valence-corrected chi connectivity index (χ0v) is 6.07. The molecule has 0 spiro atoms. The van der Waals surface area contributed by atoms with E-state index in [0.29, 0.717) is 6.54 Å². The Morgan fingerprint density at radius 1 is 1.55 bits per heavy atom. The van der Waals surface area contributed by atoms with Crippen molar-refractivity contribution in [2.24, 2.45) is 16.7 Å². The van der Waals surface area contributed by atoms with Crippen molar-refractivity contribution in [2.75, 3.05) is 0 Å². The molecule has 0 atom stereocenters. The van der Waals surface area contributed by atoms with Crippen LogP contribution in [0.3, 0.4) is 0 Å². The number of hydrazone groups is 1. The second kappa shape index (κ2) is 3.68. The molecule has 4 heteroatoms. The molecule has 0 aromatic carbocycles. The predicted octanol–water partition coefficient (Wildman–Crippen LogP) is -0.167. The largest absolute Gasteiger partial charge is 0.325 e. The molecule has 0 unspecified atom stereocenters. The molecule has 0 aliphatic rings. The topological polar surface area (TPSA) is 77.3 Å². The third-order valence-corrected chi connectivity index (χ3v) is 1.28. The molecule has 0 saturated heterocycles. The van der Waals surface area contributed by atoms with Crippen molar-refractivity contribution in [1.29, 1.82) is 0 Å². The van der Waals surface area contributed by atoms with E-state index in [0.717, 1.165) is 11.3 Å². The third-order valence-electron chi connectivity index (χ3n) is 1.28. The number of nitrogens with two attached hydrogens (primary N) is 2. The minimum atomic E-state index is 0.458. The average Bonchev–Trinajstić information content (AvgIpc) is 2.07. The molecule has 4 N–H and O–H groups in total. The number of hydrogen-bond donors (Lipinski definition) is 2. The van der Waals surface area contributed by atoms with Gasteiger partial charge in [0.1, 0.15) is 0 Å². The molecule has 0 saturated carbocycles. The Bertz CT molecular complexity index is 239. The van der Waals surface area contributed by atoms with Crippen LogP contribution in [-0.4, -0.2) is 11.2 Å². The molecule has 0 bridgehead atoms. The molecule has 58 valence electrons. The fourth-order valence-electron chi connectivity index (χ4n) is 0.719. The molecule has 0 radical (unpaired) electrons. The Morgan fingerprint density at radius 3 is 2.82 bits per heavy atom. The molecule has 1 rings (SSSR count). The number of aromatic nitrogens is 1. The lowest BCUT2D eigenvalue weighted by molar-refractivity contribution is 0.989. The van der Waals surface area contributed by atoms with Crippen LogP contribution in [0.4, 0.5) is 0 Å². The standard InChI is InChI=1S/C7H10N4/c8-3-7-2-1-6(4-10-7)5-11-9/h1-2,4-5H,3,8-9H2. The van der Waals surface area contributed by atoms with Crippen molar-refractivity contribution in [3.63, 3.8) is 0 Å². The van der Waals surface area contributed by atoms with E-state index in [2.05, 4.69) is 10.1 Å². The number of hydrogen-bond acceptors (Lipinski definition) is 4. The van der Waals surface area contributed by atoms with E-state index in [1.165, 1.54) is 6.21 Å². The second-order valence-corrected chi connectivity index (χ2v) is 2.07. The lowest BCUT2D eigenvalue weighted by Gasteiger charge is -1.94. The molecule has 11 heavy (non-hydrogen) atoms. The van der Waals surface area contributed by atoms with Crippen LogP contribution in [-0.2, 0) is 6.54 Å². The van der Waals surface area contributed by atoms with Gasteiger partial charge in [-0.15, -0.1) is 0 Å². The number of pyridine rings is 1. The van der Waals surface area contributed by atoms with Crippen molar-refractivity contribution in [1.82, 2.24) is 4.98 Å². The SMILES string of the molecule is NCc1ccc(C=NN)cn1. The van der Waals surface area contributed by atoms with Gasteiger partial charge < -0.3 is 11.6 Å². The van der Waals surface area contributed by atoms with Gasteiger partial charge in [-0.2, -0.15) is 5.10 Å². The highest BCUT2D eigenvalue weighted by Gasteiger charge is 1.89. The molecule has 0 fully saturated rings. The first kappa shape index (κ1) is 7.68. The maximum atomic E-state index is 5.35. The van der Waals surface area contributed by atoms with Gasteiger partial charge in [0.2, 0.25) is 0 Å². The Balaban J connectivity index is 2.82. The van der Waals surface area contributed by atoms with Crippen LogP contribution in [0.2, 0.25) is 0 Å². The Morgan fingerprint density at radius 2 is 2.36 bits per heavy atom. The van der Waals surface area contributed by atoms with Gasteiger partial charge in [-0.3, -0.25) is 4.98 Å². The Labute approximate surface area is 64.9 Å². The van der Waals surface area contributed by atoms with Crippen LogP contribution in [0.1, 0.15) is 11.3 Å². The van der Waals surface area contributed by atoms with E-state index < -0.39 is 0 Å². The van der Waals surface area contributed by atoms with E-state index in [-0.39, 0.29) is 0 Å². The molecule has 0 aliphatic heterocycles. The van der Waals surface area contributed by atoms with E-state index >= 15 is 0 Å². The summed E-state index contributed by atoms with van der Waals surface area (Å²) in [5.41, 5.74) is 7.09. The first-order chi connectivity index (χ1) is 5.36. The van der Waals surface area contributed by atoms with Gasteiger partial charge in [-0.25, -0.2) is 0 Å². The van der Waals surface area contributed by atoms with Crippen LogP contribution in [0.25, 0.3) is 0 Å². The third kappa shape index (κ3) is 2.01. The minimum absolute atomic E-state index is 0.458. The van der Waals surface area contributed by atoms with Crippen molar-refractivity contribution in [2.45, 2.75) is 6.54 Å². The molecule has 1 aromatic rings. The van der Waals surface area contributed by atoms with Crippen LogP contribution < -0.4 is 11.6 Å². The fraction of sp³-hybridized carbons (Fsp3) is 0.143. The fourth-order valence-corrected chi connectivity index (χ4v) is 0.719. The normalized spacial score (nSPS) is 10.6. The average molecular weight is 150 g/mol. The predicted molar refractivity (Wildman–Crippen MR) is 43.9 cm³/mol. The monoisotopic (exact) mass is 150 g/mol. The maximum absolute atomic E-state index is 5.35. The van der Waals surface area contributed by atoms with Crippen molar-refractivity contribution in [3.8, 4) is 0 Å². The van der Waals surface area contributed by atoms with Gasteiger partial charge in [-0.1, -0.05) is 0 Å². The van der Waals surface area contributed by atoms with Crippen LogP contribution in [0.15, 0.2) is 23.4 Å². The summed E-state index contributed by atoms with van der Waals surface area (Å²) in [7, 11) is 0. The first-order valence-corrected chi connectivity index (χ1v) is 3.25. The summed E-state index contributed by atoms with van der Waals surface area (Å²) in [5, 5.41) is 3.37. The Kier molecular flexibility index (Phi) is 2.57. The van der Waals surface area contributed by atoms with Crippen molar-refractivity contribution >= 4 is 6.21 Å². The summed E-state index contributed by atoms with van der Waals surface area (Å²) in [6, 6.07) is 3.71. The number of rotatable bonds is 2. The van der Waals surface area contributed by atoms with E-state index in [1.54, 1.807) is 6.20 Å². The second-order valence-electron chi connectivity index (χ2n) is 2.07. The first-order valence-electron chi connectivity index (χ1n) is 3.25. The molecular weight excluding hydrogens is 140 g/mol. The highest BCUT2D eigenvalue weighted by atomic mass is 15.1. The number of nitrogens with zero attached hydrogens (tertiary/aromatic N) is 2. The summed E-state index contributed by atoms with van der Waals surface area (Å²) in [5.74, 6) is 4.95. The molecule has 1 aromatic heterocycles. The van der Waals surface area contributed by atoms with Crippen molar-refractivity contribution in [3.05, 3.63) is 29.6 Å². The van der Waals surface area contributed by atoms with Crippen LogP contribution in [0.5, 0.6) is 0 Å². The summed E-state index contributed by atoms with van der Waals surface area (Å²) >= 11 is 0. The van der Waals surface area contributed by atoms with Crippen molar-refractivity contribution < 1.29 is 0 Å². The Hall–Kier alpha value is -1.42. The molecule has 0 amide bonds. The maximum Gasteiger partial charge on any atom is 0.0553 e. The lowest BCUT2D eigenvalue weighted by Crippen LogP contribution is -1.99. The van der Waals surface area contributed by atoms with Crippen LogP contribution >= 0.6 is 0 Å². The highest BCUT2D eigenvalue weighted by Crippen LogP contribution is 1.95. The summed E-state index contributed by atoms with van der Waals surface area (Å²) in [6.07, 6.45) is 3.21. The summed E-state index contributed by atoms with van der Waals surface area (Å²) < 4.78 is 0. The van der Waals surface area contributed by atoms with Gasteiger partial charge in [-0.05, 0) is 12.1 Å². The zero-order chi connectivity index (χ0) is 8.10.